The normalized spacial score (nSPS) is 37.2. The third-order valence-corrected chi connectivity index (χ3v) is 4.39. The summed E-state index contributed by atoms with van der Waals surface area (Å²) in [4.78, 5) is 0. The van der Waals surface area contributed by atoms with Crippen LogP contribution in [0.25, 0.3) is 0 Å². The molecule has 13 heavy (non-hydrogen) atoms. The molecule has 1 rings (SSSR count). The van der Waals surface area contributed by atoms with Gasteiger partial charge in [0.05, 0.1) is 0 Å². The zero-order valence-electron chi connectivity index (χ0n) is 10.0. The van der Waals surface area contributed by atoms with E-state index in [1.807, 2.05) is 0 Å². The average molecular weight is 182 g/mol. The van der Waals surface area contributed by atoms with Crippen molar-refractivity contribution in [2.45, 2.75) is 53.9 Å². The molecule has 0 saturated heterocycles. The summed E-state index contributed by atoms with van der Waals surface area (Å²) in [5.74, 6) is 5.02. The highest BCUT2D eigenvalue weighted by molar-refractivity contribution is 4.96. The van der Waals surface area contributed by atoms with Crippen molar-refractivity contribution in [3.63, 3.8) is 0 Å². The van der Waals surface area contributed by atoms with Crippen LogP contribution in [0.2, 0.25) is 0 Å². The van der Waals surface area contributed by atoms with Crippen LogP contribution in [0.4, 0.5) is 0 Å². The van der Waals surface area contributed by atoms with Crippen molar-refractivity contribution in [2.75, 3.05) is 0 Å². The van der Waals surface area contributed by atoms with Crippen molar-refractivity contribution in [2.24, 2.45) is 29.6 Å². The third kappa shape index (κ3) is 2.27. The summed E-state index contributed by atoms with van der Waals surface area (Å²) in [6.45, 7) is 12.0. The van der Waals surface area contributed by atoms with Gasteiger partial charge in [0.1, 0.15) is 0 Å². The molecule has 0 aliphatic heterocycles. The zero-order valence-corrected chi connectivity index (χ0v) is 10.0. The van der Waals surface area contributed by atoms with Crippen molar-refractivity contribution < 1.29 is 0 Å². The van der Waals surface area contributed by atoms with Gasteiger partial charge in [-0.3, -0.25) is 0 Å². The zero-order chi connectivity index (χ0) is 10.0. The smallest absolute Gasteiger partial charge is 0.0326 e. The molecule has 1 aliphatic carbocycles. The molecule has 1 fully saturated rings. The number of hydrogen-bond acceptors (Lipinski definition) is 0. The summed E-state index contributed by atoms with van der Waals surface area (Å²) in [6, 6.07) is 0. The van der Waals surface area contributed by atoms with Crippen LogP contribution >= 0.6 is 0 Å². The molecule has 0 nitrogen and oxygen atoms in total. The summed E-state index contributed by atoms with van der Waals surface area (Å²) in [5, 5.41) is 0. The van der Waals surface area contributed by atoms with E-state index < -0.39 is 0 Å². The monoisotopic (exact) mass is 182 g/mol. The van der Waals surface area contributed by atoms with Gasteiger partial charge in [0.25, 0.3) is 0 Å². The Hall–Kier alpha value is 0. The van der Waals surface area contributed by atoms with Crippen LogP contribution in [0, 0.1) is 29.6 Å². The Morgan fingerprint density at radius 3 is 1.92 bits per heavy atom. The summed E-state index contributed by atoms with van der Waals surface area (Å²) in [5.41, 5.74) is 0. The Balaban J connectivity index is 2.48. The molecule has 4 unspecified atom stereocenters. The van der Waals surface area contributed by atoms with E-state index in [9.17, 15) is 0 Å². The van der Waals surface area contributed by atoms with Crippen LogP contribution in [0.15, 0.2) is 0 Å². The molecule has 0 amide bonds. The van der Waals surface area contributed by atoms with Crippen LogP contribution < -0.4 is 0 Å². The molecular formula is C13H26. The van der Waals surface area contributed by atoms with Gasteiger partial charge in [-0.15, -0.1) is 0 Å². The van der Waals surface area contributed by atoms with Gasteiger partial charge in [0.15, 0.2) is 0 Å². The van der Waals surface area contributed by atoms with Gasteiger partial charge in [-0.2, -0.15) is 0 Å². The summed E-state index contributed by atoms with van der Waals surface area (Å²) in [6.07, 6.45) is 4.18. The predicted molar refractivity (Wildman–Crippen MR) is 59.7 cm³/mol. The first-order chi connectivity index (χ1) is 6.13. The van der Waals surface area contributed by atoms with Crippen molar-refractivity contribution in [3.8, 4) is 0 Å². The molecule has 0 spiro atoms. The van der Waals surface area contributed by atoms with Crippen molar-refractivity contribution in [3.05, 3.63) is 0 Å². The second-order valence-corrected chi connectivity index (χ2v) is 5.13. The largest absolute Gasteiger partial charge is 0.0654 e. The molecule has 0 heterocycles. The summed E-state index contributed by atoms with van der Waals surface area (Å²) in [7, 11) is 0. The van der Waals surface area contributed by atoms with Gasteiger partial charge in [0.2, 0.25) is 0 Å². The molecule has 0 aromatic carbocycles. The molecule has 4 atom stereocenters. The van der Waals surface area contributed by atoms with E-state index in [0.29, 0.717) is 0 Å². The van der Waals surface area contributed by atoms with Gasteiger partial charge >= 0.3 is 0 Å². The molecule has 0 aromatic heterocycles. The van der Waals surface area contributed by atoms with Crippen LogP contribution in [0.1, 0.15) is 53.9 Å². The highest BCUT2D eigenvalue weighted by atomic mass is 14.5. The van der Waals surface area contributed by atoms with Crippen LogP contribution in [-0.4, -0.2) is 0 Å². The predicted octanol–water partition coefficient (Wildman–Crippen LogP) is 4.35. The fourth-order valence-electron chi connectivity index (χ4n) is 2.97. The maximum atomic E-state index is 2.44. The lowest BCUT2D eigenvalue weighted by Crippen LogP contribution is -2.14. The standard InChI is InChI=1S/C13H26/c1-6-8-12(9(3)7-2)13-10(4)11(13)5/h9-13H,6-8H2,1-5H3. The quantitative estimate of drug-likeness (QED) is 0.593. The van der Waals surface area contributed by atoms with Crippen LogP contribution in [-0.2, 0) is 0 Å². The second-order valence-electron chi connectivity index (χ2n) is 5.13. The minimum Gasteiger partial charge on any atom is -0.0654 e. The van der Waals surface area contributed by atoms with E-state index in [1.165, 1.54) is 19.3 Å². The fourth-order valence-corrected chi connectivity index (χ4v) is 2.97. The van der Waals surface area contributed by atoms with Crippen molar-refractivity contribution >= 4 is 0 Å². The van der Waals surface area contributed by atoms with E-state index in [0.717, 1.165) is 29.6 Å². The lowest BCUT2D eigenvalue weighted by atomic mass is 9.83. The molecule has 0 heteroatoms. The first-order valence-electron chi connectivity index (χ1n) is 6.13. The van der Waals surface area contributed by atoms with E-state index in [-0.39, 0.29) is 0 Å². The summed E-state index contributed by atoms with van der Waals surface area (Å²) >= 11 is 0. The first-order valence-corrected chi connectivity index (χ1v) is 6.13. The van der Waals surface area contributed by atoms with Gasteiger partial charge in [0, 0.05) is 0 Å². The van der Waals surface area contributed by atoms with E-state index >= 15 is 0 Å². The molecule has 0 radical (unpaired) electrons. The Labute approximate surface area is 84.1 Å². The first kappa shape index (κ1) is 11.1. The van der Waals surface area contributed by atoms with Gasteiger partial charge in [-0.25, -0.2) is 0 Å². The average Bonchev–Trinajstić information content (AvgIpc) is 2.70. The minimum atomic E-state index is 0.942. The third-order valence-electron chi connectivity index (χ3n) is 4.39. The van der Waals surface area contributed by atoms with E-state index in [1.54, 1.807) is 0 Å². The van der Waals surface area contributed by atoms with Crippen LogP contribution in [0.3, 0.4) is 0 Å². The highest BCUT2D eigenvalue weighted by Gasteiger charge is 2.48. The maximum absolute atomic E-state index is 2.44. The van der Waals surface area contributed by atoms with Crippen LogP contribution in [0.5, 0.6) is 0 Å². The second kappa shape index (κ2) is 4.48. The van der Waals surface area contributed by atoms with Gasteiger partial charge < -0.3 is 0 Å². The Morgan fingerprint density at radius 2 is 1.62 bits per heavy atom. The number of rotatable bonds is 5. The molecule has 1 saturated carbocycles. The topological polar surface area (TPSA) is 0 Å². The molecule has 0 bridgehead atoms. The van der Waals surface area contributed by atoms with E-state index in [4.69, 9.17) is 0 Å². The highest BCUT2D eigenvalue weighted by Crippen LogP contribution is 2.54. The molecule has 0 aromatic rings. The number of hydrogen-bond donors (Lipinski definition) is 0. The molecule has 1 aliphatic rings. The van der Waals surface area contributed by atoms with Gasteiger partial charge in [-0.05, 0) is 29.6 Å². The van der Waals surface area contributed by atoms with Crippen molar-refractivity contribution in [1.29, 1.82) is 0 Å². The lowest BCUT2D eigenvalue weighted by molar-refractivity contribution is 0.271. The minimum absolute atomic E-state index is 0.942. The fraction of sp³-hybridized carbons (Fsp3) is 1.00. The molecular weight excluding hydrogens is 156 g/mol. The Morgan fingerprint density at radius 1 is 1.08 bits per heavy atom. The summed E-state index contributed by atoms with van der Waals surface area (Å²) < 4.78 is 0. The Kier molecular flexibility index (Phi) is 3.82. The Bertz CT molecular complexity index is 142. The van der Waals surface area contributed by atoms with E-state index in [2.05, 4.69) is 34.6 Å². The lowest BCUT2D eigenvalue weighted by Gasteiger charge is -2.23. The SMILES string of the molecule is CCCC(C(C)CC)C1C(C)C1C. The molecule has 0 N–H and O–H groups in total. The maximum Gasteiger partial charge on any atom is -0.0326 e. The van der Waals surface area contributed by atoms with Crippen molar-refractivity contribution in [1.82, 2.24) is 0 Å². The molecule has 78 valence electrons. The van der Waals surface area contributed by atoms with Gasteiger partial charge in [-0.1, -0.05) is 53.9 Å².